The third-order valence-electron chi connectivity index (χ3n) is 4.60. The van der Waals surface area contributed by atoms with E-state index in [1.165, 1.54) is 5.56 Å². The quantitative estimate of drug-likeness (QED) is 0.657. The second kappa shape index (κ2) is 3.15. The van der Waals surface area contributed by atoms with Gasteiger partial charge in [0.05, 0.1) is 11.1 Å². The molecule has 0 radical (unpaired) electrons. The first-order chi connectivity index (χ1) is 8.21. The minimum absolute atomic E-state index is 0.180. The first-order valence-electron chi connectivity index (χ1n) is 6.24. The van der Waals surface area contributed by atoms with Crippen molar-refractivity contribution >= 4 is 11.6 Å². The summed E-state index contributed by atoms with van der Waals surface area (Å²) in [5, 5.41) is 0. The number of nitrogens with zero attached hydrogens (tertiary/aromatic N) is 2. The molecule has 3 nitrogen and oxygen atoms in total. The molecule has 2 bridgehead atoms. The van der Waals surface area contributed by atoms with Crippen LogP contribution in [0, 0.1) is 0 Å². The zero-order chi connectivity index (χ0) is 11.5. The molecule has 0 saturated carbocycles. The number of halogens is 1. The van der Waals surface area contributed by atoms with E-state index in [0.717, 1.165) is 44.6 Å². The first-order valence-corrected chi connectivity index (χ1v) is 6.62. The summed E-state index contributed by atoms with van der Waals surface area (Å²) in [7, 11) is 0. The zero-order valence-electron chi connectivity index (χ0n) is 9.66. The maximum Gasteiger partial charge on any atom is 0.145 e. The Kier molecular flexibility index (Phi) is 1.88. The summed E-state index contributed by atoms with van der Waals surface area (Å²) in [5.74, 6) is 0.932. The van der Waals surface area contributed by atoms with Gasteiger partial charge in [-0.15, -0.1) is 11.6 Å². The van der Waals surface area contributed by atoms with Gasteiger partial charge in [0.2, 0.25) is 0 Å². The zero-order valence-corrected chi connectivity index (χ0v) is 10.4. The Morgan fingerprint density at radius 1 is 1.35 bits per heavy atom. The van der Waals surface area contributed by atoms with Crippen LogP contribution < -0.4 is 4.74 Å². The first kappa shape index (κ1) is 10.2. The van der Waals surface area contributed by atoms with E-state index >= 15 is 0 Å². The number of pyridine rings is 1. The molecule has 5 heterocycles. The van der Waals surface area contributed by atoms with Crippen molar-refractivity contribution < 1.29 is 4.74 Å². The number of piperidine rings is 3. The van der Waals surface area contributed by atoms with Gasteiger partial charge in [-0.25, -0.2) is 0 Å². The number of alkyl halides is 1. The second-order valence-corrected chi connectivity index (χ2v) is 6.22. The number of ether oxygens (including phenoxy) is 1. The summed E-state index contributed by atoms with van der Waals surface area (Å²) in [6.45, 7) is 3.19. The lowest BCUT2D eigenvalue weighted by molar-refractivity contribution is -0.0644. The molecule has 0 aromatic carbocycles. The SMILES string of the molecule is ClC12CCN(CC1)CC21Cc2ccncc2O1. The summed E-state index contributed by atoms with van der Waals surface area (Å²) < 4.78 is 6.24. The number of aromatic nitrogens is 1. The molecule has 3 saturated heterocycles. The molecule has 4 aliphatic rings. The van der Waals surface area contributed by atoms with Gasteiger partial charge in [0.15, 0.2) is 0 Å². The Bertz CT molecular complexity index is 443. The highest BCUT2D eigenvalue weighted by Gasteiger charge is 2.60. The van der Waals surface area contributed by atoms with E-state index in [4.69, 9.17) is 16.3 Å². The van der Waals surface area contributed by atoms with Crippen molar-refractivity contribution in [3.05, 3.63) is 24.0 Å². The van der Waals surface area contributed by atoms with Gasteiger partial charge in [-0.2, -0.15) is 0 Å². The van der Waals surface area contributed by atoms with E-state index in [2.05, 4.69) is 16.0 Å². The molecule has 90 valence electrons. The lowest BCUT2D eigenvalue weighted by Gasteiger charge is -2.55. The number of hydrogen-bond donors (Lipinski definition) is 0. The minimum Gasteiger partial charge on any atom is -0.482 e. The molecular formula is C13H15ClN2O. The highest BCUT2D eigenvalue weighted by atomic mass is 35.5. The van der Waals surface area contributed by atoms with Crippen molar-refractivity contribution in [2.75, 3.05) is 19.6 Å². The average Bonchev–Trinajstić information content (AvgIpc) is 2.70. The van der Waals surface area contributed by atoms with Gasteiger partial charge >= 0.3 is 0 Å². The predicted octanol–water partition coefficient (Wildman–Crippen LogP) is 1.84. The Labute approximate surface area is 106 Å². The van der Waals surface area contributed by atoms with Crippen LogP contribution >= 0.6 is 11.6 Å². The van der Waals surface area contributed by atoms with Crippen molar-refractivity contribution in [1.29, 1.82) is 0 Å². The summed E-state index contributed by atoms with van der Waals surface area (Å²) in [6, 6.07) is 2.06. The molecule has 4 aliphatic heterocycles. The van der Waals surface area contributed by atoms with Crippen molar-refractivity contribution in [3.8, 4) is 5.75 Å². The molecule has 4 heteroatoms. The molecule has 5 rings (SSSR count). The average molecular weight is 251 g/mol. The predicted molar refractivity (Wildman–Crippen MR) is 65.6 cm³/mol. The highest BCUT2D eigenvalue weighted by Crippen LogP contribution is 2.52. The molecular weight excluding hydrogens is 236 g/mol. The van der Waals surface area contributed by atoms with Crippen LogP contribution in [0.1, 0.15) is 18.4 Å². The molecule has 17 heavy (non-hydrogen) atoms. The second-order valence-electron chi connectivity index (χ2n) is 5.50. The van der Waals surface area contributed by atoms with E-state index < -0.39 is 0 Å². The van der Waals surface area contributed by atoms with E-state index in [9.17, 15) is 0 Å². The van der Waals surface area contributed by atoms with Crippen LogP contribution in [0.15, 0.2) is 18.5 Å². The molecule has 1 aromatic rings. The van der Waals surface area contributed by atoms with Crippen LogP contribution in [0.5, 0.6) is 5.75 Å². The largest absolute Gasteiger partial charge is 0.482 e. The smallest absolute Gasteiger partial charge is 0.145 e. The van der Waals surface area contributed by atoms with Gasteiger partial charge in [0, 0.05) is 37.8 Å². The third kappa shape index (κ3) is 1.24. The Hall–Kier alpha value is -0.800. The normalized spacial score (nSPS) is 42.5. The molecule has 1 spiro atoms. The van der Waals surface area contributed by atoms with Crippen molar-refractivity contribution in [2.24, 2.45) is 0 Å². The molecule has 0 N–H and O–H groups in total. The van der Waals surface area contributed by atoms with Gasteiger partial charge in [-0.1, -0.05) is 0 Å². The van der Waals surface area contributed by atoms with Crippen LogP contribution in [0.2, 0.25) is 0 Å². The molecule has 0 amide bonds. The third-order valence-corrected chi connectivity index (χ3v) is 5.32. The molecule has 1 unspecified atom stereocenters. The minimum atomic E-state index is -0.212. The van der Waals surface area contributed by atoms with E-state index in [1.54, 1.807) is 0 Å². The number of fused-ring (bicyclic) bond motifs is 3. The lowest BCUT2D eigenvalue weighted by Crippen LogP contribution is -2.69. The van der Waals surface area contributed by atoms with Crippen LogP contribution in [-0.4, -0.2) is 40.0 Å². The summed E-state index contributed by atoms with van der Waals surface area (Å²) in [4.78, 5) is 6.43. The van der Waals surface area contributed by atoms with Gasteiger partial charge in [0.25, 0.3) is 0 Å². The van der Waals surface area contributed by atoms with Gasteiger partial charge in [-0.05, 0) is 18.9 Å². The maximum absolute atomic E-state index is 6.88. The van der Waals surface area contributed by atoms with Crippen molar-refractivity contribution in [1.82, 2.24) is 9.88 Å². The summed E-state index contributed by atoms with van der Waals surface area (Å²) >= 11 is 6.88. The van der Waals surface area contributed by atoms with Crippen molar-refractivity contribution in [3.63, 3.8) is 0 Å². The Balaban J connectivity index is 1.77. The van der Waals surface area contributed by atoms with Gasteiger partial charge in [0.1, 0.15) is 11.4 Å². The summed E-state index contributed by atoms with van der Waals surface area (Å²) in [6.07, 6.45) is 6.67. The van der Waals surface area contributed by atoms with Crippen molar-refractivity contribution in [2.45, 2.75) is 29.7 Å². The molecule has 1 atom stereocenters. The maximum atomic E-state index is 6.88. The van der Waals surface area contributed by atoms with Crippen LogP contribution in [0.25, 0.3) is 0 Å². The topological polar surface area (TPSA) is 25.4 Å². The monoisotopic (exact) mass is 250 g/mol. The van der Waals surface area contributed by atoms with Crippen LogP contribution in [0.3, 0.4) is 0 Å². The van der Waals surface area contributed by atoms with E-state index in [0.29, 0.717) is 0 Å². The fourth-order valence-corrected chi connectivity index (χ4v) is 3.90. The Morgan fingerprint density at radius 3 is 2.88 bits per heavy atom. The molecule has 3 fully saturated rings. The van der Waals surface area contributed by atoms with Gasteiger partial charge < -0.3 is 4.74 Å². The molecule has 1 aromatic heterocycles. The highest BCUT2D eigenvalue weighted by molar-refractivity contribution is 6.25. The lowest BCUT2D eigenvalue weighted by atomic mass is 9.72. The Morgan fingerprint density at radius 2 is 2.18 bits per heavy atom. The van der Waals surface area contributed by atoms with Crippen LogP contribution in [0.4, 0.5) is 0 Å². The fourth-order valence-electron chi connectivity index (χ4n) is 3.56. The summed E-state index contributed by atoms with van der Waals surface area (Å²) in [5.41, 5.74) is 1.05. The standard InChI is InChI=1S/C13H15ClN2O/c14-12-2-5-16(6-3-12)9-13(12)7-10-1-4-15-8-11(10)17-13/h1,4,8H,2-3,5-7,9H2. The fraction of sp³-hybridized carbons (Fsp3) is 0.615. The van der Waals surface area contributed by atoms with Gasteiger partial charge in [-0.3, -0.25) is 9.88 Å². The van der Waals surface area contributed by atoms with Crippen LogP contribution in [-0.2, 0) is 6.42 Å². The van der Waals surface area contributed by atoms with E-state index in [-0.39, 0.29) is 10.5 Å². The number of rotatable bonds is 0. The van der Waals surface area contributed by atoms with E-state index in [1.807, 2.05) is 12.4 Å². The number of hydrogen-bond acceptors (Lipinski definition) is 3. The molecule has 0 aliphatic carbocycles.